The summed E-state index contributed by atoms with van der Waals surface area (Å²) in [6.07, 6.45) is 0.362. The van der Waals surface area contributed by atoms with Crippen LogP contribution in [0.5, 0.6) is 0 Å². The Balaban J connectivity index is 2.70. The van der Waals surface area contributed by atoms with Gasteiger partial charge in [-0.3, -0.25) is 4.79 Å². The van der Waals surface area contributed by atoms with Crippen molar-refractivity contribution >= 4 is 5.97 Å². The molecule has 1 aliphatic rings. The summed E-state index contributed by atoms with van der Waals surface area (Å²) in [6, 6.07) is -1.58. The third-order valence-corrected chi connectivity index (χ3v) is 3.75. The van der Waals surface area contributed by atoms with Gasteiger partial charge in [-0.05, 0) is 25.2 Å². The number of hydrogen-bond donors (Lipinski definition) is 3. The lowest BCUT2D eigenvalue weighted by molar-refractivity contribution is -0.140. The van der Waals surface area contributed by atoms with Crippen LogP contribution in [0.3, 0.4) is 0 Å². The Morgan fingerprint density at radius 1 is 1.40 bits per heavy atom. The van der Waals surface area contributed by atoms with Gasteiger partial charge in [-0.25, -0.2) is 8.78 Å². The van der Waals surface area contributed by atoms with Gasteiger partial charge in [0.05, 0.1) is 18.6 Å². The topological polar surface area (TPSA) is 69.6 Å². The minimum Gasteiger partial charge on any atom is -0.481 e. The Morgan fingerprint density at radius 3 is 2.55 bits per heavy atom. The zero-order chi connectivity index (χ0) is 15.3. The number of aliphatic carboxylic acids is 1. The van der Waals surface area contributed by atoms with Crippen molar-refractivity contribution in [2.24, 2.45) is 5.92 Å². The van der Waals surface area contributed by atoms with Crippen molar-refractivity contribution in [1.82, 2.24) is 5.32 Å². The van der Waals surface area contributed by atoms with Crippen LogP contribution in [0.4, 0.5) is 8.78 Å². The van der Waals surface area contributed by atoms with Crippen molar-refractivity contribution in [2.75, 3.05) is 0 Å². The van der Waals surface area contributed by atoms with E-state index in [0.717, 1.165) is 6.42 Å². The molecule has 4 nitrogen and oxygen atoms in total. The lowest BCUT2D eigenvalue weighted by Crippen LogP contribution is -2.54. The summed E-state index contributed by atoms with van der Waals surface area (Å²) in [5, 5.41) is 21.5. The van der Waals surface area contributed by atoms with Gasteiger partial charge in [0.25, 0.3) is 5.92 Å². The summed E-state index contributed by atoms with van der Waals surface area (Å²) in [6.45, 7) is 3.84. The van der Waals surface area contributed by atoms with Crippen LogP contribution in [0.2, 0.25) is 0 Å². The van der Waals surface area contributed by atoms with Crippen LogP contribution in [-0.4, -0.2) is 40.3 Å². The van der Waals surface area contributed by atoms with Crippen molar-refractivity contribution in [3.8, 4) is 0 Å². The Morgan fingerprint density at radius 2 is 2.05 bits per heavy atom. The highest BCUT2D eigenvalue weighted by Crippen LogP contribution is 2.34. The van der Waals surface area contributed by atoms with Gasteiger partial charge in [0, 0.05) is 12.5 Å². The number of halogens is 2. The predicted octanol–water partition coefficient (Wildman–Crippen LogP) is 2.40. The number of aliphatic hydroxyl groups is 1. The molecule has 1 rings (SSSR count). The van der Waals surface area contributed by atoms with Gasteiger partial charge in [0.2, 0.25) is 0 Å². The highest BCUT2D eigenvalue weighted by atomic mass is 19.3. The summed E-state index contributed by atoms with van der Waals surface area (Å²) >= 11 is 0. The van der Waals surface area contributed by atoms with E-state index < -0.39 is 36.5 Å². The molecule has 6 heteroatoms. The molecule has 0 aromatic carbocycles. The fourth-order valence-electron chi connectivity index (χ4n) is 2.72. The van der Waals surface area contributed by atoms with Crippen LogP contribution in [0.1, 0.15) is 52.4 Å². The summed E-state index contributed by atoms with van der Waals surface area (Å²) < 4.78 is 27.7. The number of carbonyl (C=O) groups is 1. The van der Waals surface area contributed by atoms with Crippen LogP contribution in [-0.2, 0) is 4.79 Å². The molecule has 20 heavy (non-hydrogen) atoms. The van der Waals surface area contributed by atoms with Crippen LogP contribution in [0.25, 0.3) is 0 Å². The van der Waals surface area contributed by atoms with Gasteiger partial charge in [-0.2, -0.15) is 0 Å². The molecule has 0 saturated heterocycles. The molecule has 3 N–H and O–H groups in total. The molecule has 0 bridgehead atoms. The van der Waals surface area contributed by atoms with E-state index >= 15 is 0 Å². The first-order valence-corrected chi connectivity index (χ1v) is 7.26. The third kappa shape index (κ3) is 5.32. The van der Waals surface area contributed by atoms with Gasteiger partial charge in [-0.15, -0.1) is 0 Å². The molecule has 0 aromatic rings. The third-order valence-electron chi connectivity index (χ3n) is 3.75. The fourth-order valence-corrected chi connectivity index (χ4v) is 2.72. The number of alkyl halides is 2. The van der Waals surface area contributed by atoms with Crippen LogP contribution in [0.15, 0.2) is 0 Å². The second kappa shape index (κ2) is 7.31. The largest absolute Gasteiger partial charge is 0.481 e. The molecule has 1 fully saturated rings. The average molecular weight is 293 g/mol. The molecular weight excluding hydrogens is 268 g/mol. The molecule has 0 aliphatic heterocycles. The van der Waals surface area contributed by atoms with E-state index in [2.05, 4.69) is 5.32 Å². The zero-order valence-corrected chi connectivity index (χ0v) is 12.1. The first kappa shape index (κ1) is 17.3. The Labute approximate surface area is 118 Å². The van der Waals surface area contributed by atoms with E-state index in [1.54, 1.807) is 0 Å². The summed E-state index contributed by atoms with van der Waals surface area (Å²) in [5.41, 5.74) is 0. The maximum atomic E-state index is 13.8. The van der Waals surface area contributed by atoms with Crippen molar-refractivity contribution in [3.05, 3.63) is 0 Å². The smallest absolute Gasteiger partial charge is 0.306 e. The maximum Gasteiger partial charge on any atom is 0.306 e. The normalized spacial score (nSPS) is 25.4. The first-order valence-electron chi connectivity index (χ1n) is 7.26. The molecule has 0 radical (unpaired) electrons. The molecule has 1 unspecified atom stereocenters. The van der Waals surface area contributed by atoms with E-state index in [9.17, 15) is 18.7 Å². The molecular formula is C14H25F2NO3. The number of aliphatic hydroxyl groups excluding tert-OH is 1. The Hall–Kier alpha value is -0.750. The second-order valence-corrected chi connectivity index (χ2v) is 6.13. The lowest BCUT2D eigenvalue weighted by Gasteiger charge is -2.36. The van der Waals surface area contributed by atoms with Gasteiger partial charge >= 0.3 is 5.97 Å². The molecule has 1 aliphatic carbocycles. The quantitative estimate of drug-likeness (QED) is 0.674. The number of nitrogens with one attached hydrogen (secondary N) is 1. The number of carboxylic acids is 1. The van der Waals surface area contributed by atoms with Crippen molar-refractivity contribution in [1.29, 1.82) is 0 Å². The van der Waals surface area contributed by atoms with E-state index in [4.69, 9.17) is 5.11 Å². The highest BCUT2D eigenvalue weighted by molar-refractivity contribution is 5.67. The van der Waals surface area contributed by atoms with Gasteiger partial charge in [-0.1, -0.05) is 20.3 Å². The predicted molar refractivity (Wildman–Crippen MR) is 71.8 cm³/mol. The van der Waals surface area contributed by atoms with Crippen molar-refractivity contribution in [3.63, 3.8) is 0 Å². The van der Waals surface area contributed by atoms with E-state index in [-0.39, 0.29) is 12.3 Å². The van der Waals surface area contributed by atoms with Gasteiger partial charge in [0.15, 0.2) is 0 Å². The monoisotopic (exact) mass is 293 g/mol. The lowest BCUT2D eigenvalue weighted by atomic mass is 9.89. The van der Waals surface area contributed by atoms with Crippen molar-refractivity contribution < 1.29 is 23.8 Å². The fraction of sp³-hybridized carbons (Fsp3) is 0.929. The van der Waals surface area contributed by atoms with E-state index in [1.165, 1.54) is 0 Å². The zero-order valence-electron chi connectivity index (χ0n) is 12.1. The van der Waals surface area contributed by atoms with Crippen LogP contribution >= 0.6 is 0 Å². The Bertz CT molecular complexity index is 324. The molecule has 118 valence electrons. The van der Waals surface area contributed by atoms with E-state index in [0.29, 0.717) is 19.3 Å². The molecule has 0 amide bonds. The summed E-state index contributed by atoms with van der Waals surface area (Å²) in [7, 11) is 0. The van der Waals surface area contributed by atoms with Crippen LogP contribution in [0, 0.1) is 5.92 Å². The van der Waals surface area contributed by atoms with Crippen molar-refractivity contribution in [2.45, 2.75) is 76.5 Å². The SMILES string of the molecule is CC(C)C[C@H](NC1CCCCC1(F)F)[C@@H](O)CC(=O)O. The Kier molecular flexibility index (Phi) is 6.33. The van der Waals surface area contributed by atoms with E-state index in [1.807, 2.05) is 13.8 Å². The average Bonchev–Trinajstić information content (AvgIpc) is 2.29. The van der Waals surface area contributed by atoms with Gasteiger partial charge in [0.1, 0.15) is 0 Å². The second-order valence-electron chi connectivity index (χ2n) is 6.13. The minimum atomic E-state index is -2.78. The molecule has 0 aromatic heterocycles. The first-order chi connectivity index (χ1) is 9.22. The van der Waals surface area contributed by atoms with Gasteiger partial charge < -0.3 is 15.5 Å². The standard InChI is InChI=1S/C14H25F2NO3/c1-9(2)7-10(11(18)8-13(19)20)17-12-5-3-4-6-14(12,15)16/h9-12,17-18H,3-8H2,1-2H3,(H,19,20)/t10-,11-,12?/m0/s1. The molecule has 1 saturated carbocycles. The number of carboxylic acid groups (broad SMARTS) is 1. The summed E-state index contributed by atoms with van der Waals surface area (Å²) in [4.78, 5) is 10.7. The highest BCUT2D eigenvalue weighted by Gasteiger charge is 2.43. The summed E-state index contributed by atoms with van der Waals surface area (Å²) in [5.74, 6) is -3.72. The molecule has 0 spiro atoms. The minimum absolute atomic E-state index is 0.145. The molecule has 0 heterocycles. The molecule has 3 atom stereocenters. The maximum absolute atomic E-state index is 13.8. The number of rotatable bonds is 7. The number of hydrogen-bond acceptors (Lipinski definition) is 3. The van der Waals surface area contributed by atoms with Crippen LogP contribution < -0.4 is 5.32 Å².